The first kappa shape index (κ1) is 13.0. The molecule has 4 nitrogen and oxygen atoms in total. The molecule has 2 aliphatic rings. The first-order valence-electron chi connectivity index (χ1n) is 7.54. The molecule has 1 spiro atoms. The van der Waals surface area contributed by atoms with E-state index in [1.54, 1.807) is 0 Å². The van der Waals surface area contributed by atoms with Gasteiger partial charge in [-0.05, 0) is 33.7 Å². The fraction of sp³-hybridized carbons (Fsp3) is 0.800. The largest absolute Gasteiger partial charge is 0.486 e. The van der Waals surface area contributed by atoms with Crippen molar-refractivity contribution in [2.45, 2.75) is 64.1 Å². The topological polar surface area (TPSA) is 39.1 Å². The van der Waals surface area contributed by atoms with E-state index >= 15 is 0 Å². The van der Waals surface area contributed by atoms with Gasteiger partial charge in [-0.3, -0.25) is 4.68 Å². The van der Waals surface area contributed by atoms with E-state index in [0.717, 1.165) is 12.2 Å². The van der Waals surface area contributed by atoms with Crippen molar-refractivity contribution in [3.63, 3.8) is 0 Å². The lowest BCUT2D eigenvalue weighted by atomic mass is 9.60. The molecule has 2 aliphatic carbocycles. The molecule has 3 rings (SSSR count). The van der Waals surface area contributed by atoms with Crippen LogP contribution in [0.3, 0.4) is 0 Å². The van der Waals surface area contributed by atoms with Crippen molar-refractivity contribution in [3.05, 3.63) is 12.4 Å². The van der Waals surface area contributed by atoms with Crippen molar-refractivity contribution >= 4 is 0 Å². The van der Waals surface area contributed by atoms with Gasteiger partial charge < -0.3 is 10.1 Å². The first-order valence-corrected chi connectivity index (χ1v) is 7.54. The zero-order valence-electron chi connectivity index (χ0n) is 12.2. The van der Waals surface area contributed by atoms with Gasteiger partial charge in [-0.25, -0.2) is 0 Å². The Bertz CT molecular complexity index is 434. The summed E-state index contributed by atoms with van der Waals surface area (Å²) in [7, 11) is 2.08. The summed E-state index contributed by atoms with van der Waals surface area (Å²) in [5, 5.41) is 7.83. The number of ether oxygens (including phenoxy) is 1. The van der Waals surface area contributed by atoms with E-state index in [-0.39, 0.29) is 0 Å². The maximum absolute atomic E-state index is 6.23. The Kier molecular flexibility index (Phi) is 3.29. The molecule has 4 heteroatoms. The van der Waals surface area contributed by atoms with Crippen molar-refractivity contribution in [1.82, 2.24) is 15.1 Å². The van der Waals surface area contributed by atoms with Gasteiger partial charge in [-0.2, -0.15) is 5.10 Å². The van der Waals surface area contributed by atoms with Gasteiger partial charge in [-0.15, -0.1) is 0 Å². The van der Waals surface area contributed by atoms with Crippen molar-refractivity contribution in [2.24, 2.45) is 5.41 Å². The summed E-state index contributed by atoms with van der Waals surface area (Å²) in [6.07, 6.45) is 10.7. The highest BCUT2D eigenvalue weighted by Crippen LogP contribution is 2.54. The second-order valence-corrected chi connectivity index (χ2v) is 6.37. The monoisotopic (exact) mass is 263 g/mol. The van der Waals surface area contributed by atoms with Crippen molar-refractivity contribution in [3.8, 4) is 5.75 Å². The van der Waals surface area contributed by atoms with Crippen LogP contribution in [0.4, 0.5) is 0 Å². The van der Waals surface area contributed by atoms with Crippen LogP contribution < -0.4 is 10.1 Å². The second kappa shape index (κ2) is 4.82. The normalized spacial score (nSPS) is 28.8. The van der Waals surface area contributed by atoms with Crippen molar-refractivity contribution in [2.75, 3.05) is 7.05 Å². The lowest BCUT2D eigenvalue weighted by Crippen LogP contribution is -2.63. The van der Waals surface area contributed by atoms with Gasteiger partial charge in [-0.1, -0.05) is 12.8 Å². The van der Waals surface area contributed by atoms with E-state index in [4.69, 9.17) is 4.74 Å². The summed E-state index contributed by atoms with van der Waals surface area (Å²) in [5.41, 5.74) is 0.384. The molecular weight excluding hydrogens is 238 g/mol. The molecule has 2 saturated carbocycles. The minimum Gasteiger partial charge on any atom is -0.486 e. The molecule has 1 heterocycles. The van der Waals surface area contributed by atoms with Crippen LogP contribution in [0.1, 0.15) is 52.0 Å². The highest BCUT2D eigenvalue weighted by atomic mass is 16.5. The fourth-order valence-corrected chi connectivity index (χ4v) is 3.85. The molecule has 0 aromatic carbocycles. The van der Waals surface area contributed by atoms with Crippen LogP contribution in [-0.2, 0) is 0 Å². The van der Waals surface area contributed by atoms with E-state index in [2.05, 4.69) is 31.3 Å². The molecule has 1 N–H and O–H groups in total. The summed E-state index contributed by atoms with van der Waals surface area (Å²) >= 11 is 0. The summed E-state index contributed by atoms with van der Waals surface area (Å²) in [6.45, 7) is 4.27. The van der Waals surface area contributed by atoms with Gasteiger partial charge in [0.15, 0.2) is 5.75 Å². The fourth-order valence-electron chi connectivity index (χ4n) is 3.85. The smallest absolute Gasteiger partial charge is 0.157 e. The third-order valence-corrected chi connectivity index (χ3v) is 5.05. The maximum atomic E-state index is 6.23. The average Bonchev–Trinajstić information content (AvgIpc) is 3.03. The van der Waals surface area contributed by atoms with E-state index in [9.17, 15) is 0 Å². The minimum absolute atomic E-state index is 0.372. The number of rotatable bonds is 4. The molecule has 106 valence electrons. The molecular formula is C15H25N3O. The molecule has 0 bridgehead atoms. The Labute approximate surface area is 115 Å². The maximum Gasteiger partial charge on any atom is 0.157 e. The number of hydrogen-bond donors (Lipinski definition) is 1. The zero-order valence-corrected chi connectivity index (χ0v) is 12.2. The number of hydrogen-bond acceptors (Lipinski definition) is 3. The predicted octanol–water partition coefficient (Wildman–Crippen LogP) is 2.76. The van der Waals surface area contributed by atoms with E-state index in [1.165, 1.54) is 25.7 Å². The van der Waals surface area contributed by atoms with Crippen LogP contribution in [0.25, 0.3) is 0 Å². The number of nitrogens with one attached hydrogen (secondary N) is 1. The van der Waals surface area contributed by atoms with Crippen LogP contribution in [0.2, 0.25) is 0 Å². The van der Waals surface area contributed by atoms with E-state index < -0.39 is 0 Å². The summed E-state index contributed by atoms with van der Waals surface area (Å²) in [4.78, 5) is 0. The standard InChI is InChI=1S/C15H25N3O/c1-11(2)18-10-12(9-17-18)19-14-8-13(16-3)15(14)6-4-5-7-15/h9-11,13-14,16H,4-8H2,1-3H3. The number of nitrogens with zero attached hydrogens (tertiary/aromatic N) is 2. The first-order chi connectivity index (χ1) is 9.15. The molecule has 1 aromatic heterocycles. The lowest BCUT2D eigenvalue weighted by molar-refractivity contribution is -0.0736. The van der Waals surface area contributed by atoms with Gasteiger partial charge in [0.25, 0.3) is 0 Å². The Morgan fingerprint density at radius 2 is 2.16 bits per heavy atom. The molecule has 2 unspecified atom stereocenters. The SMILES string of the molecule is CNC1CC(Oc2cnn(C(C)C)c2)C12CCCC2. The third kappa shape index (κ3) is 2.06. The molecule has 0 saturated heterocycles. The Balaban J connectivity index is 1.69. The van der Waals surface area contributed by atoms with Crippen LogP contribution in [-0.4, -0.2) is 29.0 Å². The van der Waals surface area contributed by atoms with E-state index in [0.29, 0.717) is 23.6 Å². The zero-order chi connectivity index (χ0) is 13.5. The molecule has 2 atom stereocenters. The lowest BCUT2D eigenvalue weighted by Gasteiger charge is -2.53. The quantitative estimate of drug-likeness (QED) is 0.908. The summed E-state index contributed by atoms with van der Waals surface area (Å²) in [5.74, 6) is 0.930. The molecule has 2 fully saturated rings. The van der Waals surface area contributed by atoms with Gasteiger partial charge in [0.2, 0.25) is 0 Å². The summed E-state index contributed by atoms with van der Waals surface area (Å²) < 4.78 is 8.19. The molecule has 0 aliphatic heterocycles. The van der Waals surface area contributed by atoms with Gasteiger partial charge >= 0.3 is 0 Å². The highest BCUT2D eigenvalue weighted by molar-refractivity contribution is 5.18. The minimum atomic E-state index is 0.372. The Morgan fingerprint density at radius 1 is 1.42 bits per heavy atom. The Morgan fingerprint density at radius 3 is 2.74 bits per heavy atom. The van der Waals surface area contributed by atoms with Crippen molar-refractivity contribution < 1.29 is 4.74 Å². The van der Waals surface area contributed by atoms with Crippen LogP contribution in [0, 0.1) is 5.41 Å². The predicted molar refractivity (Wildman–Crippen MR) is 75.4 cm³/mol. The molecule has 0 radical (unpaired) electrons. The third-order valence-electron chi connectivity index (χ3n) is 5.05. The second-order valence-electron chi connectivity index (χ2n) is 6.37. The average molecular weight is 263 g/mol. The van der Waals surface area contributed by atoms with Gasteiger partial charge in [0.1, 0.15) is 6.10 Å². The number of aromatic nitrogens is 2. The summed E-state index contributed by atoms with van der Waals surface area (Å²) in [6, 6.07) is 1.03. The molecule has 0 amide bonds. The van der Waals surface area contributed by atoms with Gasteiger partial charge in [0, 0.05) is 23.9 Å². The van der Waals surface area contributed by atoms with Crippen LogP contribution >= 0.6 is 0 Å². The van der Waals surface area contributed by atoms with Gasteiger partial charge in [0.05, 0.1) is 12.4 Å². The molecule has 19 heavy (non-hydrogen) atoms. The van der Waals surface area contributed by atoms with Crippen LogP contribution in [0.5, 0.6) is 5.75 Å². The molecule has 1 aromatic rings. The Hall–Kier alpha value is -1.03. The highest BCUT2D eigenvalue weighted by Gasteiger charge is 2.57. The van der Waals surface area contributed by atoms with Crippen molar-refractivity contribution in [1.29, 1.82) is 0 Å². The van der Waals surface area contributed by atoms with E-state index in [1.807, 2.05) is 17.1 Å². The van der Waals surface area contributed by atoms with Crippen LogP contribution in [0.15, 0.2) is 12.4 Å².